The predicted molar refractivity (Wildman–Crippen MR) is 92.8 cm³/mol. The van der Waals surface area contributed by atoms with Crippen LogP contribution in [0.5, 0.6) is 0 Å². The Kier molecular flexibility index (Phi) is 12.2. The minimum absolute atomic E-state index is 0.0958. The van der Waals surface area contributed by atoms with Gasteiger partial charge in [-0.2, -0.15) is 0 Å². The lowest BCUT2D eigenvalue weighted by molar-refractivity contribution is -0.140. The van der Waals surface area contributed by atoms with E-state index in [2.05, 4.69) is 23.8 Å². The molecule has 3 nitrogen and oxygen atoms in total. The molecule has 3 heteroatoms. The summed E-state index contributed by atoms with van der Waals surface area (Å²) in [7, 11) is 1.44. The molecule has 0 aliphatic heterocycles. The van der Waals surface area contributed by atoms with Gasteiger partial charge in [-0.25, -0.2) is 0 Å². The van der Waals surface area contributed by atoms with Gasteiger partial charge < -0.3 is 9.84 Å². The van der Waals surface area contributed by atoms with Crippen molar-refractivity contribution in [2.75, 3.05) is 7.11 Å². The Morgan fingerprint density at radius 3 is 2.41 bits per heavy atom. The molecule has 0 aromatic rings. The largest absolute Gasteiger partial charge is 0.469 e. The molecule has 0 spiro atoms. The van der Waals surface area contributed by atoms with E-state index in [1.807, 2.05) is 13.8 Å². The molecular formula is C19H36O3. The van der Waals surface area contributed by atoms with Crippen LogP contribution in [-0.2, 0) is 9.53 Å². The highest BCUT2D eigenvalue weighted by molar-refractivity contribution is 5.68. The molecule has 22 heavy (non-hydrogen) atoms. The van der Waals surface area contributed by atoms with Crippen molar-refractivity contribution in [2.45, 2.75) is 90.6 Å². The standard InChI is InChI=1S/C19H36O3/c1-17(14-12-16-19(2,3)21)13-10-8-6-5-7-9-11-15-18(20)22-4/h10,13,17,21H,5-9,11-12,14-16H2,1-4H3/b13-10+. The molecule has 0 fully saturated rings. The number of methoxy groups -OCH3 is 1. The molecule has 0 aliphatic carbocycles. The van der Waals surface area contributed by atoms with E-state index in [0.29, 0.717) is 12.3 Å². The number of rotatable bonds is 13. The normalized spacial score (nSPS) is 13.5. The summed E-state index contributed by atoms with van der Waals surface area (Å²) >= 11 is 0. The lowest BCUT2D eigenvalue weighted by Gasteiger charge is -2.17. The predicted octanol–water partition coefficient (Wildman–Crippen LogP) is 5.02. The Hall–Kier alpha value is -0.830. The number of allylic oxidation sites excluding steroid dienone is 2. The highest BCUT2D eigenvalue weighted by Crippen LogP contribution is 2.17. The molecule has 0 saturated carbocycles. The second-order valence-electron chi connectivity index (χ2n) is 6.99. The third kappa shape index (κ3) is 15.6. The monoisotopic (exact) mass is 312 g/mol. The van der Waals surface area contributed by atoms with Gasteiger partial charge in [0.2, 0.25) is 0 Å². The zero-order valence-corrected chi connectivity index (χ0v) is 15.1. The SMILES string of the molecule is COC(=O)CCCCCCC/C=C/C(C)CCCC(C)(C)O. The number of hydrogen-bond donors (Lipinski definition) is 1. The first-order valence-electron chi connectivity index (χ1n) is 8.81. The Morgan fingerprint density at radius 1 is 1.14 bits per heavy atom. The van der Waals surface area contributed by atoms with Crippen LogP contribution in [0.1, 0.15) is 85.0 Å². The average Bonchev–Trinajstić information content (AvgIpc) is 2.43. The van der Waals surface area contributed by atoms with Crippen LogP contribution >= 0.6 is 0 Å². The van der Waals surface area contributed by atoms with Crippen LogP contribution in [-0.4, -0.2) is 23.8 Å². The Labute approximate surface area is 137 Å². The van der Waals surface area contributed by atoms with Gasteiger partial charge in [-0.1, -0.05) is 44.8 Å². The maximum absolute atomic E-state index is 10.9. The number of unbranched alkanes of at least 4 members (excludes halogenated alkanes) is 5. The van der Waals surface area contributed by atoms with Crippen molar-refractivity contribution in [3.63, 3.8) is 0 Å². The lowest BCUT2D eigenvalue weighted by atomic mass is 9.96. The number of ether oxygens (including phenoxy) is 1. The topological polar surface area (TPSA) is 46.5 Å². The molecule has 1 N–H and O–H groups in total. The van der Waals surface area contributed by atoms with Crippen LogP contribution in [0.25, 0.3) is 0 Å². The van der Waals surface area contributed by atoms with Gasteiger partial charge in [-0.05, 0) is 51.9 Å². The third-order valence-corrected chi connectivity index (χ3v) is 3.89. The molecule has 0 rings (SSSR count). The number of esters is 1. The fourth-order valence-corrected chi connectivity index (χ4v) is 2.45. The van der Waals surface area contributed by atoms with Gasteiger partial charge in [0.1, 0.15) is 0 Å². The molecule has 0 aromatic carbocycles. The Balaban J connectivity index is 3.41. The van der Waals surface area contributed by atoms with Crippen LogP contribution < -0.4 is 0 Å². The zero-order valence-electron chi connectivity index (χ0n) is 15.1. The van der Waals surface area contributed by atoms with Crippen LogP contribution in [0.3, 0.4) is 0 Å². The summed E-state index contributed by atoms with van der Waals surface area (Å²) in [5.41, 5.74) is -0.530. The number of carbonyl (C=O) groups excluding carboxylic acids is 1. The second-order valence-corrected chi connectivity index (χ2v) is 6.99. The van der Waals surface area contributed by atoms with E-state index >= 15 is 0 Å². The Bertz CT molecular complexity index is 302. The van der Waals surface area contributed by atoms with Gasteiger partial charge in [-0.3, -0.25) is 4.79 Å². The summed E-state index contributed by atoms with van der Waals surface area (Å²) in [6, 6.07) is 0. The smallest absolute Gasteiger partial charge is 0.305 e. The van der Waals surface area contributed by atoms with Gasteiger partial charge in [0.15, 0.2) is 0 Å². The molecule has 0 radical (unpaired) electrons. The highest BCUT2D eigenvalue weighted by atomic mass is 16.5. The summed E-state index contributed by atoms with van der Waals surface area (Å²) in [6.07, 6.45) is 15.1. The van der Waals surface area contributed by atoms with Crippen LogP contribution in [0.4, 0.5) is 0 Å². The van der Waals surface area contributed by atoms with Crippen molar-refractivity contribution in [2.24, 2.45) is 5.92 Å². The van der Waals surface area contributed by atoms with Crippen LogP contribution in [0, 0.1) is 5.92 Å². The minimum Gasteiger partial charge on any atom is -0.469 e. The minimum atomic E-state index is -0.530. The number of aliphatic hydroxyl groups is 1. The van der Waals surface area contributed by atoms with Gasteiger partial charge in [0.25, 0.3) is 0 Å². The average molecular weight is 312 g/mol. The molecule has 0 amide bonds. The molecule has 0 bridgehead atoms. The van der Waals surface area contributed by atoms with Crippen molar-refractivity contribution >= 4 is 5.97 Å². The van der Waals surface area contributed by atoms with E-state index < -0.39 is 5.60 Å². The van der Waals surface area contributed by atoms with Crippen molar-refractivity contribution in [1.82, 2.24) is 0 Å². The van der Waals surface area contributed by atoms with Gasteiger partial charge >= 0.3 is 5.97 Å². The summed E-state index contributed by atoms with van der Waals surface area (Å²) in [6.45, 7) is 5.99. The van der Waals surface area contributed by atoms with Crippen LogP contribution in [0.15, 0.2) is 12.2 Å². The van der Waals surface area contributed by atoms with Crippen molar-refractivity contribution in [1.29, 1.82) is 0 Å². The fourth-order valence-electron chi connectivity index (χ4n) is 2.45. The maximum atomic E-state index is 10.9. The first-order valence-corrected chi connectivity index (χ1v) is 8.81. The summed E-state index contributed by atoms with van der Waals surface area (Å²) in [5.74, 6) is 0.504. The quantitative estimate of drug-likeness (QED) is 0.295. The molecule has 0 saturated heterocycles. The molecule has 130 valence electrons. The molecule has 0 aromatic heterocycles. The summed E-state index contributed by atoms with van der Waals surface area (Å²) in [5, 5.41) is 9.67. The van der Waals surface area contributed by atoms with Crippen molar-refractivity contribution in [3.8, 4) is 0 Å². The molecule has 0 aliphatic rings. The first kappa shape index (κ1) is 21.2. The van der Waals surface area contributed by atoms with Crippen molar-refractivity contribution < 1.29 is 14.6 Å². The maximum Gasteiger partial charge on any atom is 0.305 e. The molecule has 1 atom stereocenters. The first-order chi connectivity index (χ1) is 10.3. The third-order valence-electron chi connectivity index (χ3n) is 3.89. The molecule has 1 unspecified atom stereocenters. The zero-order chi connectivity index (χ0) is 16.8. The number of carbonyl (C=O) groups is 1. The van der Waals surface area contributed by atoms with Gasteiger partial charge in [-0.15, -0.1) is 0 Å². The Morgan fingerprint density at radius 2 is 1.77 bits per heavy atom. The van der Waals surface area contributed by atoms with E-state index in [1.165, 1.54) is 26.4 Å². The van der Waals surface area contributed by atoms with E-state index in [-0.39, 0.29) is 5.97 Å². The second kappa shape index (κ2) is 12.7. The lowest BCUT2D eigenvalue weighted by Crippen LogP contribution is -2.18. The summed E-state index contributed by atoms with van der Waals surface area (Å²) < 4.78 is 4.62. The van der Waals surface area contributed by atoms with Crippen LogP contribution in [0.2, 0.25) is 0 Å². The van der Waals surface area contributed by atoms with Gasteiger partial charge in [0, 0.05) is 6.42 Å². The van der Waals surface area contributed by atoms with E-state index in [1.54, 1.807) is 0 Å². The molecule has 0 heterocycles. The van der Waals surface area contributed by atoms with E-state index in [9.17, 15) is 9.90 Å². The summed E-state index contributed by atoms with van der Waals surface area (Å²) in [4.78, 5) is 10.9. The van der Waals surface area contributed by atoms with Gasteiger partial charge in [0.05, 0.1) is 12.7 Å². The fraction of sp³-hybridized carbons (Fsp3) is 0.842. The van der Waals surface area contributed by atoms with E-state index in [4.69, 9.17) is 0 Å². The highest BCUT2D eigenvalue weighted by Gasteiger charge is 2.11. The van der Waals surface area contributed by atoms with Crippen molar-refractivity contribution in [3.05, 3.63) is 12.2 Å². The van der Waals surface area contributed by atoms with E-state index in [0.717, 1.165) is 38.5 Å². The molecular weight excluding hydrogens is 276 g/mol. The number of hydrogen-bond acceptors (Lipinski definition) is 3.